The molecule has 1 N–H and O–H groups in total. The summed E-state index contributed by atoms with van der Waals surface area (Å²) in [4.78, 5) is 22.2. The number of nitro groups is 1. The number of benzene rings is 1. The van der Waals surface area contributed by atoms with E-state index in [-0.39, 0.29) is 23.7 Å². The molecule has 1 aliphatic heterocycles. The maximum atomic E-state index is 11.8. The minimum Gasteiger partial charge on any atom is -0.376 e. The average Bonchev–Trinajstić information content (AvgIpc) is 2.99. The van der Waals surface area contributed by atoms with Gasteiger partial charge in [-0.3, -0.25) is 14.9 Å². The van der Waals surface area contributed by atoms with Gasteiger partial charge in [-0.15, -0.1) is 0 Å². The highest BCUT2D eigenvalue weighted by molar-refractivity contribution is 5.92. The number of hydrogen-bond acceptors (Lipinski definition) is 4. The second kappa shape index (κ2) is 6.99. The van der Waals surface area contributed by atoms with E-state index in [0.717, 1.165) is 19.4 Å². The predicted octanol–water partition coefficient (Wildman–Crippen LogP) is 2.29. The molecule has 0 aliphatic carbocycles. The summed E-state index contributed by atoms with van der Waals surface area (Å²) in [5.74, 6) is -0.281. The van der Waals surface area contributed by atoms with Crippen molar-refractivity contribution in [3.63, 3.8) is 0 Å². The quantitative estimate of drug-likeness (QED) is 0.512. The van der Waals surface area contributed by atoms with Crippen LogP contribution < -0.4 is 5.32 Å². The third-order valence-electron chi connectivity index (χ3n) is 3.44. The van der Waals surface area contributed by atoms with Crippen molar-refractivity contribution in [3.8, 4) is 0 Å². The van der Waals surface area contributed by atoms with E-state index in [1.165, 1.54) is 18.2 Å². The molecule has 0 aromatic heterocycles. The molecule has 1 aromatic carbocycles. The molecular formula is C15H18N2O4. The number of nitro benzene ring substituents is 1. The summed E-state index contributed by atoms with van der Waals surface area (Å²) in [6.07, 6.45) is 4.77. The zero-order valence-corrected chi connectivity index (χ0v) is 11.8. The van der Waals surface area contributed by atoms with E-state index in [0.29, 0.717) is 5.56 Å². The summed E-state index contributed by atoms with van der Waals surface area (Å²) in [7, 11) is 0. The first kappa shape index (κ1) is 15.2. The number of hydrogen-bond donors (Lipinski definition) is 1. The van der Waals surface area contributed by atoms with Gasteiger partial charge in [0.1, 0.15) is 0 Å². The van der Waals surface area contributed by atoms with Crippen LogP contribution in [0, 0.1) is 10.1 Å². The van der Waals surface area contributed by atoms with Gasteiger partial charge in [0.25, 0.3) is 5.69 Å². The number of amides is 1. The largest absolute Gasteiger partial charge is 0.376 e. The van der Waals surface area contributed by atoms with Gasteiger partial charge >= 0.3 is 0 Å². The molecule has 0 radical (unpaired) electrons. The molecule has 2 rings (SSSR count). The number of para-hydroxylation sites is 1. The molecule has 1 aliphatic rings. The topological polar surface area (TPSA) is 81.5 Å². The minimum absolute atomic E-state index is 0.0197. The van der Waals surface area contributed by atoms with E-state index < -0.39 is 4.92 Å². The van der Waals surface area contributed by atoms with Gasteiger partial charge in [0.05, 0.1) is 22.6 Å². The summed E-state index contributed by atoms with van der Waals surface area (Å²) in [5.41, 5.74) is 0.385. The molecule has 6 nitrogen and oxygen atoms in total. The van der Waals surface area contributed by atoms with Gasteiger partial charge in [0.15, 0.2) is 0 Å². The Morgan fingerprint density at radius 1 is 1.52 bits per heavy atom. The highest BCUT2D eigenvalue weighted by Crippen LogP contribution is 2.19. The van der Waals surface area contributed by atoms with Crippen LogP contribution in [-0.2, 0) is 9.53 Å². The van der Waals surface area contributed by atoms with E-state index in [2.05, 4.69) is 5.32 Å². The summed E-state index contributed by atoms with van der Waals surface area (Å²) < 4.78 is 5.50. The number of ether oxygens (including phenoxy) is 1. The van der Waals surface area contributed by atoms with E-state index in [4.69, 9.17) is 4.74 Å². The van der Waals surface area contributed by atoms with Crippen molar-refractivity contribution >= 4 is 17.7 Å². The van der Waals surface area contributed by atoms with Crippen molar-refractivity contribution < 1.29 is 14.5 Å². The molecule has 0 unspecified atom stereocenters. The normalized spacial score (nSPS) is 19.6. The smallest absolute Gasteiger partial charge is 0.276 e. The van der Waals surface area contributed by atoms with Crippen LogP contribution >= 0.6 is 0 Å². The van der Waals surface area contributed by atoms with Crippen LogP contribution in [0.25, 0.3) is 6.08 Å². The molecule has 1 saturated heterocycles. The van der Waals surface area contributed by atoms with Crippen LogP contribution in [0.15, 0.2) is 30.3 Å². The minimum atomic E-state index is -0.466. The molecule has 0 spiro atoms. The molecule has 6 heteroatoms. The van der Waals surface area contributed by atoms with E-state index in [1.807, 2.05) is 6.92 Å². The molecule has 1 heterocycles. The summed E-state index contributed by atoms with van der Waals surface area (Å²) >= 11 is 0. The molecule has 1 fully saturated rings. The zero-order valence-electron chi connectivity index (χ0n) is 11.8. The molecule has 2 atom stereocenters. The van der Waals surface area contributed by atoms with Crippen LogP contribution in [0.5, 0.6) is 0 Å². The Morgan fingerprint density at radius 2 is 2.29 bits per heavy atom. The van der Waals surface area contributed by atoms with Gasteiger partial charge in [-0.25, -0.2) is 0 Å². The van der Waals surface area contributed by atoms with Crippen molar-refractivity contribution in [1.29, 1.82) is 0 Å². The maximum Gasteiger partial charge on any atom is 0.276 e. The Bertz CT molecular complexity index is 550. The van der Waals surface area contributed by atoms with Crippen molar-refractivity contribution in [1.82, 2.24) is 5.32 Å². The van der Waals surface area contributed by atoms with Crippen LogP contribution in [0.1, 0.15) is 25.3 Å². The van der Waals surface area contributed by atoms with Gasteiger partial charge in [-0.1, -0.05) is 12.1 Å². The number of rotatable bonds is 5. The molecule has 1 aromatic rings. The Kier molecular flexibility index (Phi) is 5.05. The van der Waals surface area contributed by atoms with Gasteiger partial charge in [-0.2, -0.15) is 0 Å². The lowest BCUT2D eigenvalue weighted by atomic mass is 10.1. The fourth-order valence-electron chi connectivity index (χ4n) is 2.32. The molecular weight excluding hydrogens is 272 g/mol. The van der Waals surface area contributed by atoms with Crippen molar-refractivity contribution in [2.45, 2.75) is 31.9 Å². The predicted molar refractivity (Wildman–Crippen MR) is 78.7 cm³/mol. The standard InChI is InChI=1S/C15H18N2O4/c1-11(14-7-4-10-21-14)16-15(18)9-8-12-5-2-3-6-13(12)17(19)20/h2-3,5-6,8-9,11,14H,4,7,10H2,1H3,(H,16,18)/b9-8-/t11-,14-/m0/s1. The number of nitrogens with one attached hydrogen (secondary N) is 1. The summed E-state index contributed by atoms with van der Waals surface area (Å²) in [6, 6.07) is 6.22. The van der Waals surface area contributed by atoms with Crippen LogP contribution in [0.2, 0.25) is 0 Å². The van der Waals surface area contributed by atoms with Gasteiger partial charge in [-0.05, 0) is 31.9 Å². The van der Waals surface area contributed by atoms with Crippen LogP contribution in [0.3, 0.4) is 0 Å². The lowest BCUT2D eigenvalue weighted by Crippen LogP contribution is -2.40. The Balaban J connectivity index is 1.97. The summed E-state index contributed by atoms with van der Waals surface area (Å²) in [6.45, 7) is 2.63. The highest BCUT2D eigenvalue weighted by Gasteiger charge is 2.23. The molecule has 21 heavy (non-hydrogen) atoms. The lowest BCUT2D eigenvalue weighted by Gasteiger charge is -2.18. The highest BCUT2D eigenvalue weighted by atomic mass is 16.6. The maximum absolute atomic E-state index is 11.8. The molecule has 112 valence electrons. The van der Waals surface area contributed by atoms with Crippen LogP contribution in [-0.4, -0.2) is 29.6 Å². The fourth-order valence-corrected chi connectivity index (χ4v) is 2.32. The van der Waals surface area contributed by atoms with Crippen molar-refractivity contribution in [2.24, 2.45) is 0 Å². The number of carbonyl (C=O) groups excluding carboxylic acids is 1. The summed E-state index contributed by atoms with van der Waals surface area (Å²) in [5, 5.41) is 13.7. The Morgan fingerprint density at radius 3 is 2.95 bits per heavy atom. The lowest BCUT2D eigenvalue weighted by molar-refractivity contribution is -0.385. The van der Waals surface area contributed by atoms with Crippen molar-refractivity contribution in [3.05, 3.63) is 46.0 Å². The monoisotopic (exact) mass is 290 g/mol. The first-order valence-corrected chi connectivity index (χ1v) is 6.91. The zero-order chi connectivity index (χ0) is 15.2. The van der Waals surface area contributed by atoms with E-state index in [9.17, 15) is 14.9 Å². The Labute approximate surface area is 122 Å². The molecule has 0 saturated carbocycles. The third-order valence-corrected chi connectivity index (χ3v) is 3.44. The second-order valence-electron chi connectivity index (χ2n) is 5.00. The second-order valence-corrected chi connectivity index (χ2v) is 5.00. The van der Waals surface area contributed by atoms with Crippen LogP contribution in [0.4, 0.5) is 5.69 Å². The van der Waals surface area contributed by atoms with E-state index >= 15 is 0 Å². The Hall–Kier alpha value is -2.21. The molecule has 0 bridgehead atoms. The van der Waals surface area contributed by atoms with Gasteiger partial charge < -0.3 is 10.1 Å². The first-order chi connectivity index (χ1) is 10.1. The fraction of sp³-hybridized carbons (Fsp3) is 0.400. The van der Waals surface area contributed by atoms with Gasteiger partial charge in [0.2, 0.25) is 5.91 Å². The third kappa shape index (κ3) is 4.13. The first-order valence-electron chi connectivity index (χ1n) is 6.91. The SMILES string of the molecule is C[C@H](NC(=O)/C=C\c1ccccc1[N+](=O)[O-])[C@@H]1CCCO1. The number of carbonyl (C=O) groups is 1. The van der Waals surface area contributed by atoms with Crippen molar-refractivity contribution in [2.75, 3.05) is 6.61 Å². The van der Waals surface area contributed by atoms with E-state index in [1.54, 1.807) is 18.2 Å². The van der Waals surface area contributed by atoms with Gasteiger partial charge in [0, 0.05) is 18.7 Å². The molecule has 1 amide bonds. The average molecular weight is 290 g/mol. The number of nitrogens with zero attached hydrogens (tertiary/aromatic N) is 1.